The molecule has 0 radical (unpaired) electrons. The van der Waals surface area contributed by atoms with Crippen molar-refractivity contribution in [2.75, 3.05) is 6.54 Å². The lowest BCUT2D eigenvalue weighted by atomic mass is 10.2. The van der Waals surface area contributed by atoms with E-state index in [0.29, 0.717) is 12.4 Å². The molecule has 3 nitrogen and oxygen atoms in total. The van der Waals surface area contributed by atoms with Crippen molar-refractivity contribution < 1.29 is 4.74 Å². The molecule has 0 amide bonds. The van der Waals surface area contributed by atoms with Crippen LogP contribution in [0, 0.1) is 0 Å². The van der Waals surface area contributed by atoms with Gasteiger partial charge in [0, 0.05) is 5.57 Å². The average molecular weight is 134 g/mol. The van der Waals surface area contributed by atoms with Crippen LogP contribution in [0.4, 0.5) is 0 Å². The van der Waals surface area contributed by atoms with E-state index in [-0.39, 0.29) is 0 Å². The smallest absolute Gasteiger partial charge is 0.224 e. The molecule has 0 aromatic carbocycles. The summed E-state index contributed by atoms with van der Waals surface area (Å²) in [6.45, 7) is 0.684. The molecule has 50 valence electrons. The molecule has 2 aliphatic heterocycles. The van der Waals surface area contributed by atoms with E-state index in [0.717, 1.165) is 5.57 Å². The Balaban J connectivity index is 2.38. The van der Waals surface area contributed by atoms with Crippen molar-refractivity contribution in [1.82, 2.24) is 0 Å². The number of ether oxygens (including phenoxy) is 1. The number of aliphatic imine (C=N–C) groups is 2. The van der Waals surface area contributed by atoms with E-state index < -0.39 is 0 Å². The summed E-state index contributed by atoms with van der Waals surface area (Å²) in [5.41, 5.74) is 1.05. The molecule has 0 aromatic rings. The number of hydrogen-bond donors (Lipinski definition) is 0. The molecule has 0 saturated carbocycles. The molecular formula is C7H6N2O. The summed E-state index contributed by atoms with van der Waals surface area (Å²) in [7, 11) is 0. The Morgan fingerprint density at radius 1 is 1.50 bits per heavy atom. The first kappa shape index (κ1) is 5.41. The van der Waals surface area contributed by atoms with Crippen LogP contribution >= 0.6 is 0 Å². The number of hydrogen-bond acceptors (Lipinski definition) is 3. The maximum Gasteiger partial charge on any atom is 0.224 e. The Morgan fingerprint density at radius 2 is 2.50 bits per heavy atom. The Morgan fingerprint density at radius 3 is 3.40 bits per heavy atom. The van der Waals surface area contributed by atoms with E-state index >= 15 is 0 Å². The van der Waals surface area contributed by atoms with Crippen molar-refractivity contribution >= 4 is 12.2 Å². The Bertz CT molecular complexity index is 233. The van der Waals surface area contributed by atoms with Gasteiger partial charge in [0.1, 0.15) is 6.34 Å². The molecule has 3 heteroatoms. The van der Waals surface area contributed by atoms with Crippen molar-refractivity contribution in [3.63, 3.8) is 0 Å². The second kappa shape index (κ2) is 2.10. The summed E-state index contributed by atoms with van der Waals surface area (Å²) in [4.78, 5) is 7.90. The lowest BCUT2D eigenvalue weighted by Crippen LogP contribution is -2.13. The van der Waals surface area contributed by atoms with Crippen LogP contribution < -0.4 is 0 Å². The fourth-order valence-corrected chi connectivity index (χ4v) is 0.872. The molecular weight excluding hydrogens is 128 g/mol. The van der Waals surface area contributed by atoms with Gasteiger partial charge in [0.2, 0.25) is 5.90 Å². The average Bonchev–Trinajstić information content (AvgIpc) is 2.05. The number of fused-ring (bicyclic) bond motifs is 1. The third kappa shape index (κ3) is 0.757. The molecule has 0 aromatic heterocycles. The van der Waals surface area contributed by atoms with Crippen LogP contribution in [-0.4, -0.2) is 18.8 Å². The van der Waals surface area contributed by atoms with Crippen molar-refractivity contribution in [3.8, 4) is 0 Å². The summed E-state index contributed by atoms with van der Waals surface area (Å²) in [5.74, 6) is 0.678. The number of rotatable bonds is 0. The van der Waals surface area contributed by atoms with Gasteiger partial charge in [0.25, 0.3) is 0 Å². The molecule has 0 saturated heterocycles. The van der Waals surface area contributed by atoms with Gasteiger partial charge in [-0.2, -0.15) is 0 Å². The van der Waals surface area contributed by atoms with Gasteiger partial charge in [-0.1, -0.05) is 0 Å². The molecule has 0 bridgehead atoms. The van der Waals surface area contributed by atoms with E-state index in [1.54, 1.807) is 6.26 Å². The minimum absolute atomic E-state index is 0.678. The SMILES string of the molecule is C1=COC2=NC=NCC2=C1. The highest BCUT2D eigenvalue weighted by Crippen LogP contribution is 2.09. The highest BCUT2D eigenvalue weighted by Gasteiger charge is 2.10. The third-order valence-corrected chi connectivity index (χ3v) is 1.35. The lowest BCUT2D eigenvalue weighted by molar-refractivity contribution is 0.467. The summed E-state index contributed by atoms with van der Waals surface area (Å²) >= 11 is 0. The van der Waals surface area contributed by atoms with E-state index in [1.807, 2.05) is 12.2 Å². The van der Waals surface area contributed by atoms with Gasteiger partial charge in [-0.15, -0.1) is 0 Å². The van der Waals surface area contributed by atoms with Gasteiger partial charge >= 0.3 is 0 Å². The van der Waals surface area contributed by atoms with Crippen LogP contribution in [-0.2, 0) is 4.74 Å². The summed E-state index contributed by atoms with van der Waals surface area (Å²) in [6.07, 6.45) is 6.93. The minimum Gasteiger partial charge on any atom is -0.446 e. The van der Waals surface area contributed by atoms with Gasteiger partial charge in [-0.05, 0) is 12.2 Å². The van der Waals surface area contributed by atoms with E-state index in [1.165, 1.54) is 6.34 Å². The molecule has 0 unspecified atom stereocenters. The van der Waals surface area contributed by atoms with Crippen LogP contribution in [0.25, 0.3) is 0 Å². The van der Waals surface area contributed by atoms with E-state index in [4.69, 9.17) is 4.74 Å². The second-order valence-electron chi connectivity index (χ2n) is 2.03. The number of allylic oxidation sites excluding steroid dienone is 2. The molecule has 0 atom stereocenters. The normalized spacial score (nSPS) is 20.8. The monoisotopic (exact) mass is 134 g/mol. The standard InChI is InChI=1S/C7H6N2O/c1-2-6-4-8-5-9-7(6)10-3-1/h1-3,5H,4H2. The van der Waals surface area contributed by atoms with Crippen molar-refractivity contribution in [3.05, 3.63) is 24.0 Å². The third-order valence-electron chi connectivity index (χ3n) is 1.35. The molecule has 0 fully saturated rings. The van der Waals surface area contributed by atoms with Gasteiger partial charge in [-0.25, -0.2) is 4.99 Å². The Labute approximate surface area is 58.4 Å². The second-order valence-corrected chi connectivity index (χ2v) is 2.03. The molecule has 0 spiro atoms. The summed E-state index contributed by atoms with van der Waals surface area (Å²) in [5, 5.41) is 0. The largest absolute Gasteiger partial charge is 0.446 e. The molecule has 0 aliphatic carbocycles. The zero-order chi connectivity index (χ0) is 6.81. The highest BCUT2D eigenvalue weighted by atomic mass is 16.5. The predicted octanol–water partition coefficient (Wildman–Crippen LogP) is 0.897. The highest BCUT2D eigenvalue weighted by molar-refractivity contribution is 6.01. The molecule has 2 rings (SSSR count). The predicted molar refractivity (Wildman–Crippen MR) is 39.1 cm³/mol. The zero-order valence-corrected chi connectivity index (χ0v) is 5.32. The maximum absolute atomic E-state index is 5.09. The van der Waals surface area contributed by atoms with E-state index in [2.05, 4.69) is 9.98 Å². The molecule has 10 heavy (non-hydrogen) atoms. The quantitative estimate of drug-likeness (QED) is 0.484. The fraction of sp³-hybridized carbons (Fsp3) is 0.143. The first-order valence-electron chi connectivity index (χ1n) is 3.05. The van der Waals surface area contributed by atoms with Gasteiger partial charge in [0.15, 0.2) is 0 Å². The Kier molecular flexibility index (Phi) is 1.13. The van der Waals surface area contributed by atoms with Crippen molar-refractivity contribution in [2.24, 2.45) is 9.98 Å². The summed E-state index contributed by atoms with van der Waals surface area (Å²) < 4.78 is 5.09. The van der Waals surface area contributed by atoms with Crippen LogP contribution in [0.3, 0.4) is 0 Å². The summed E-state index contributed by atoms with van der Waals surface area (Å²) in [6, 6.07) is 0. The fourth-order valence-electron chi connectivity index (χ4n) is 0.872. The van der Waals surface area contributed by atoms with Crippen molar-refractivity contribution in [1.29, 1.82) is 0 Å². The lowest BCUT2D eigenvalue weighted by Gasteiger charge is -2.11. The van der Waals surface area contributed by atoms with Crippen LogP contribution in [0.15, 0.2) is 34.0 Å². The molecule has 2 heterocycles. The minimum atomic E-state index is 0.678. The topological polar surface area (TPSA) is 34.0 Å². The van der Waals surface area contributed by atoms with Crippen molar-refractivity contribution in [2.45, 2.75) is 0 Å². The van der Waals surface area contributed by atoms with Crippen LogP contribution in [0.5, 0.6) is 0 Å². The maximum atomic E-state index is 5.09. The number of nitrogens with zero attached hydrogens (tertiary/aromatic N) is 2. The zero-order valence-electron chi connectivity index (χ0n) is 5.32. The first-order valence-corrected chi connectivity index (χ1v) is 3.05. The van der Waals surface area contributed by atoms with Gasteiger partial charge < -0.3 is 4.74 Å². The van der Waals surface area contributed by atoms with Crippen LogP contribution in [0.1, 0.15) is 0 Å². The van der Waals surface area contributed by atoms with Gasteiger partial charge in [0.05, 0.1) is 12.8 Å². The molecule has 0 N–H and O–H groups in total. The Hall–Kier alpha value is -1.38. The van der Waals surface area contributed by atoms with E-state index in [9.17, 15) is 0 Å². The van der Waals surface area contributed by atoms with Gasteiger partial charge in [-0.3, -0.25) is 4.99 Å². The van der Waals surface area contributed by atoms with Crippen LogP contribution in [0.2, 0.25) is 0 Å². The first-order chi connectivity index (χ1) is 4.97. The molecule has 2 aliphatic rings.